The van der Waals surface area contributed by atoms with E-state index in [0.29, 0.717) is 23.7 Å². The number of sulfonamides is 1. The molecule has 0 aromatic heterocycles. The molecule has 4 rings (SSSR count). The lowest BCUT2D eigenvalue weighted by atomic mass is 10.1. The van der Waals surface area contributed by atoms with Crippen LogP contribution in [0.2, 0.25) is 0 Å². The molecular formula is C26H28N2O6S. The smallest absolute Gasteiger partial charge is 0.254 e. The number of carbonyl (C=O) groups excluding carboxylic acids is 1. The number of ether oxygens (including phenoxy) is 3. The summed E-state index contributed by atoms with van der Waals surface area (Å²) in [5.74, 6) is 1.11. The van der Waals surface area contributed by atoms with Gasteiger partial charge in [0, 0.05) is 37.8 Å². The molecule has 0 N–H and O–H groups in total. The zero-order valence-electron chi connectivity index (χ0n) is 19.7. The summed E-state index contributed by atoms with van der Waals surface area (Å²) in [6, 6.07) is 21.5. The van der Waals surface area contributed by atoms with E-state index < -0.39 is 10.0 Å². The molecule has 184 valence electrons. The van der Waals surface area contributed by atoms with E-state index in [1.54, 1.807) is 35.2 Å². The van der Waals surface area contributed by atoms with Crippen LogP contribution in [0.15, 0.2) is 77.7 Å². The van der Waals surface area contributed by atoms with Crippen LogP contribution in [0.1, 0.15) is 15.9 Å². The van der Waals surface area contributed by atoms with Gasteiger partial charge in [-0.25, -0.2) is 8.42 Å². The van der Waals surface area contributed by atoms with E-state index in [-0.39, 0.29) is 42.7 Å². The van der Waals surface area contributed by atoms with Gasteiger partial charge >= 0.3 is 0 Å². The van der Waals surface area contributed by atoms with Crippen LogP contribution in [0.3, 0.4) is 0 Å². The summed E-state index contributed by atoms with van der Waals surface area (Å²) in [6.45, 7) is 1.32. The molecule has 1 heterocycles. The lowest BCUT2D eigenvalue weighted by Gasteiger charge is -2.34. The number of methoxy groups -OCH3 is 2. The molecule has 9 heteroatoms. The van der Waals surface area contributed by atoms with Crippen LogP contribution < -0.4 is 14.2 Å². The van der Waals surface area contributed by atoms with Crippen molar-refractivity contribution in [2.45, 2.75) is 11.5 Å². The number of benzene rings is 3. The van der Waals surface area contributed by atoms with Crippen LogP contribution in [-0.2, 0) is 16.6 Å². The van der Waals surface area contributed by atoms with E-state index in [2.05, 4.69) is 0 Å². The van der Waals surface area contributed by atoms with Gasteiger partial charge in [0.25, 0.3) is 5.91 Å². The Hall–Kier alpha value is -3.56. The predicted octanol–water partition coefficient (Wildman–Crippen LogP) is 3.43. The summed E-state index contributed by atoms with van der Waals surface area (Å²) < 4.78 is 44.2. The zero-order valence-corrected chi connectivity index (χ0v) is 20.5. The third kappa shape index (κ3) is 5.58. The molecule has 0 radical (unpaired) electrons. The molecule has 8 nitrogen and oxygen atoms in total. The number of hydrogen-bond donors (Lipinski definition) is 0. The van der Waals surface area contributed by atoms with Gasteiger partial charge in [-0.3, -0.25) is 4.79 Å². The monoisotopic (exact) mass is 496 g/mol. The van der Waals surface area contributed by atoms with Crippen molar-refractivity contribution in [2.75, 3.05) is 40.4 Å². The molecule has 0 saturated carbocycles. The highest BCUT2D eigenvalue weighted by molar-refractivity contribution is 7.89. The molecule has 0 bridgehead atoms. The molecule has 3 aromatic carbocycles. The van der Waals surface area contributed by atoms with Crippen molar-refractivity contribution in [3.8, 4) is 17.2 Å². The Labute approximate surface area is 205 Å². The molecular weight excluding hydrogens is 468 g/mol. The summed E-state index contributed by atoms with van der Waals surface area (Å²) in [7, 11) is -0.919. The lowest BCUT2D eigenvalue weighted by Crippen LogP contribution is -2.50. The minimum atomic E-state index is -3.82. The van der Waals surface area contributed by atoms with Gasteiger partial charge in [-0.15, -0.1) is 0 Å². The summed E-state index contributed by atoms with van der Waals surface area (Å²) in [6.07, 6.45) is 0. The van der Waals surface area contributed by atoms with Crippen LogP contribution in [0.25, 0.3) is 0 Å². The highest BCUT2D eigenvalue weighted by atomic mass is 32.2. The first-order valence-corrected chi connectivity index (χ1v) is 12.6. The van der Waals surface area contributed by atoms with Gasteiger partial charge in [0.15, 0.2) is 0 Å². The maximum absolute atomic E-state index is 13.3. The fraction of sp³-hybridized carbons (Fsp3) is 0.269. The number of amides is 1. The molecule has 0 atom stereocenters. The first-order valence-electron chi connectivity index (χ1n) is 11.2. The largest absolute Gasteiger partial charge is 0.497 e. The van der Waals surface area contributed by atoms with Crippen molar-refractivity contribution >= 4 is 15.9 Å². The molecule has 1 aliphatic rings. The van der Waals surface area contributed by atoms with Gasteiger partial charge in [0.05, 0.1) is 14.2 Å². The van der Waals surface area contributed by atoms with E-state index in [9.17, 15) is 13.2 Å². The van der Waals surface area contributed by atoms with Crippen molar-refractivity contribution in [1.82, 2.24) is 9.21 Å². The molecule has 0 unspecified atom stereocenters. The first kappa shape index (κ1) is 24.6. The summed E-state index contributed by atoms with van der Waals surface area (Å²) in [4.78, 5) is 14.8. The third-order valence-corrected chi connectivity index (χ3v) is 7.76. The van der Waals surface area contributed by atoms with Crippen molar-refractivity contribution in [3.05, 3.63) is 83.9 Å². The van der Waals surface area contributed by atoms with Crippen molar-refractivity contribution in [1.29, 1.82) is 0 Å². The number of nitrogens with zero attached hydrogens (tertiary/aromatic N) is 2. The topological polar surface area (TPSA) is 85.4 Å². The summed E-state index contributed by atoms with van der Waals surface area (Å²) in [5.41, 5.74) is 1.54. The van der Waals surface area contributed by atoms with Gasteiger partial charge < -0.3 is 19.1 Å². The highest BCUT2D eigenvalue weighted by Crippen LogP contribution is 2.31. The van der Waals surface area contributed by atoms with E-state index in [4.69, 9.17) is 14.2 Å². The fourth-order valence-electron chi connectivity index (χ4n) is 3.90. The summed E-state index contributed by atoms with van der Waals surface area (Å²) in [5, 5.41) is 0. The highest BCUT2D eigenvalue weighted by Gasteiger charge is 2.32. The second-order valence-corrected chi connectivity index (χ2v) is 9.92. The molecule has 35 heavy (non-hydrogen) atoms. The van der Waals surface area contributed by atoms with E-state index in [1.165, 1.54) is 24.6 Å². The second kappa shape index (κ2) is 10.8. The number of piperazine rings is 1. The molecule has 1 fully saturated rings. The zero-order chi connectivity index (χ0) is 24.8. The Morgan fingerprint density at radius 3 is 2.26 bits per heavy atom. The van der Waals surface area contributed by atoms with Gasteiger partial charge in [-0.1, -0.05) is 36.4 Å². The number of hydrogen-bond acceptors (Lipinski definition) is 6. The molecule has 1 aliphatic heterocycles. The maximum Gasteiger partial charge on any atom is 0.254 e. The van der Waals surface area contributed by atoms with Crippen LogP contribution in [0.5, 0.6) is 17.2 Å². The lowest BCUT2D eigenvalue weighted by molar-refractivity contribution is 0.0697. The minimum absolute atomic E-state index is 0.0439. The third-order valence-electron chi connectivity index (χ3n) is 5.84. The number of carbonyl (C=O) groups is 1. The molecule has 0 aliphatic carbocycles. The maximum atomic E-state index is 13.3. The molecule has 1 amide bonds. The standard InChI is InChI=1S/C26H28N2O6S/c1-32-22-11-12-24(33-2)25(18-22)35(30,31)28-15-13-27(14-16-28)26(29)21-9-6-10-23(17-21)34-19-20-7-4-3-5-8-20/h3-12,17-18H,13-16,19H2,1-2H3. The Balaban J connectivity index is 1.41. The second-order valence-electron chi connectivity index (χ2n) is 8.02. The Kier molecular flexibility index (Phi) is 7.57. The SMILES string of the molecule is COc1ccc(OC)c(S(=O)(=O)N2CCN(C(=O)c3cccc(OCc4ccccc4)c3)CC2)c1. The van der Waals surface area contributed by atoms with Gasteiger partial charge in [0.1, 0.15) is 28.8 Å². The quantitative estimate of drug-likeness (QED) is 0.475. The Bertz CT molecular complexity index is 1270. The van der Waals surface area contributed by atoms with Crippen LogP contribution >= 0.6 is 0 Å². The minimum Gasteiger partial charge on any atom is -0.497 e. The average Bonchev–Trinajstić information content (AvgIpc) is 2.92. The van der Waals surface area contributed by atoms with Crippen LogP contribution in [-0.4, -0.2) is 63.9 Å². The van der Waals surface area contributed by atoms with Gasteiger partial charge in [-0.2, -0.15) is 4.31 Å². The van der Waals surface area contributed by atoms with Crippen molar-refractivity contribution < 1.29 is 27.4 Å². The fourth-order valence-corrected chi connectivity index (χ4v) is 5.49. The first-order chi connectivity index (χ1) is 16.9. The molecule has 3 aromatic rings. The van der Waals surface area contributed by atoms with Crippen molar-refractivity contribution in [3.63, 3.8) is 0 Å². The average molecular weight is 497 g/mol. The van der Waals surface area contributed by atoms with Crippen LogP contribution in [0.4, 0.5) is 0 Å². The van der Waals surface area contributed by atoms with E-state index in [0.717, 1.165) is 5.56 Å². The predicted molar refractivity (Wildman–Crippen MR) is 131 cm³/mol. The summed E-state index contributed by atoms with van der Waals surface area (Å²) >= 11 is 0. The Morgan fingerprint density at radius 2 is 1.57 bits per heavy atom. The van der Waals surface area contributed by atoms with Gasteiger partial charge in [0.2, 0.25) is 10.0 Å². The molecule has 1 saturated heterocycles. The van der Waals surface area contributed by atoms with Gasteiger partial charge in [-0.05, 0) is 35.9 Å². The number of rotatable bonds is 8. The Morgan fingerprint density at radius 1 is 0.829 bits per heavy atom. The normalized spacial score (nSPS) is 14.4. The van der Waals surface area contributed by atoms with Crippen molar-refractivity contribution in [2.24, 2.45) is 0 Å². The molecule has 0 spiro atoms. The van der Waals surface area contributed by atoms with Crippen LogP contribution in [0, 0.1) is 0 Å². The van der Waals surface area contributed by atoms with E-state index in [1.807, 2.05) is 36.4 Å². The van der Waals surface area contributed by atoms with E-state index >= 15 is 0 Å².